The first-order valence-electron chi connectivity index (χ1n) is 5.25. The standard InChI is InChI=1S/C12H18N2O2/c1-9-4-5-11(10(6-9)7-13-2)16-8-12(15)14-3/h4-6,13H,7-8H2,1-3H3,(H,14,15). The lowest BCUT2D eigenvalue weighted by molar-refractivity contribution is -0.122. The first-order valence-corrected chi connectivity index (χ1v) is 5.25. The fourth-order valence-electron chi connectivity index (χ4n) is 1.39. The molecule has 0 bridgehead atoms. The highest BCUT2D eigenvalue weighted by Gasteiger charge is 2.05. The lowest BCUT2D eigenvalue weighted by Gasteiger charge is -2.11. The van der Waals surface area contributed by atoms with Gasteiger partial charge in [0.15, 0.2) is 6.61 Å². The summed E-state index contributed by atoms with van der Waals surface area (Å²) in [7, 11) is 3.47. The second-order valence-electron chi connectivity index (χ2n) is 3.60. The second kappa shape index (κ2) is 6.12. The number of benzene rings is 1. The zero-order valence-corrected chi connectivity index (χ0v) is 9.96. The molecular weight excluding hydrogens is 204 g/mol. The lowest BCUT2D eigenvalue weighted by atomic mass is 10.1. The third-order valence-electron chi connectivity index (χ3n) is 2.22. The summed E-state index contributed by atoms with van der Waals surface area (Å²) in [6.45, 7) is 2.81. The third-order valence-corrected chi connectivity index (χ3v) is 2.22. The number of hydrogen-bond donors (Lipinski definition) is 2. The molecule has 0 unspecified atom stereocenters. The summed E-state index contributed by atoms with van der Waals surface area (Å²) < 4.78 is 5.45. The normalized spacial score (nSPS) is 9.94. The van der Waals surface area contributed by atoms with Crippen LogP contribution in [0.5, 0.6) is 5.75 Å². The van der Waals surface area contributed by atoms with Gasteiger partial charge in [-0.15, -0.1) is 0 Å². The van der Waals surface area contributed by atoms with E-state index < -0.39 is 0 Å². The Bertz CT molecular complexity index is 364. The maximum Gasteiger partial charge on any atom is 0.257 e. The maximum atomic E-state index is 11.1. The number of amides is 1. The molecule has 4 nitrogen and oxygen atoms in total. The van der Waals surface area contributed by atoms with Crippen LogP contribution in [0.3, 0.4) is 0 Å². The fourth-order valence-corrected chi connectivity index (χ4v) is 1.39. The van der Waals surface area contributed by atoms with Gasteiger partial charge in [0.05, 0.1) is 0 Å². The molecule has 0 atom stereocenters. The summed E-state index contributed by atoms with van der Waals surface area (Å²) >= 11 is 0. The van der Waals surface area contributed by atoms with Crippen LogP contribution < -0.4 is 15.4 Å². The molecule has 1 aromatic rings. The molecule has 0 heterocycles. The predicted octanol–water partition coefficient (Wildman–Crippen LogP) is 0.839. The van der Waals surface area contributed by atoms with Gasteiger partial charge in [0.2, 0.25) is 0 Å². The number of carbonyl (C=O) groups is 1. The molecule has 0 saturated carbocycles. The van der Waals surface area contributed by atoms with Crippen molar-refractivity contribution in [3.05, 3.63) is 29.3 Å². The Balaban J connectivity index is 2.73. The van der Waals surface area contributed by atoms with Crippen molar-refractivity contribution in [1.82, 2.24) is 10.6 Å². The highest BCUT2D eigenvalue weighted by molar-refractivity contribution is 5.77. The fraction of sp³-hybridized carbons (Fsp3) is 0.417. The van der Waals surface area contributed by atoms with Crippen LogP contribution in [0.25, 0.3) is 0 Å². The molecule has 0 aliphatic heterocycles. The average Bonchev–Trinajstić information content (AvgIpc) is 2.28. The van der Waals surface area contributed by atoms with E-state index >= 15 is 0 Å². The van der Waals surface area contributed by atoms with Crippen molar-refractivity contribution in [3.8, 4) is 5.75 Å². The van der Waals surface area contributed by atoms with Crippen LogP contribution in [-0.4, -0.2) is 26.6 Å². The zero-order chi connectivity index (χ0) is 12.0. The van der Waals surface area contributed by atoms with Crippen molar-refractivity contribution >= 4 is 5.91 Å². The van der Waals surface area contributed by atoms with Gasteiger partial charge in [-0.05, 0) is 20.0 Å². The smallest absolute Gasteiger partial charge is 0.257 e. The molecule has 0 radical (unpaired) electrons. The number of likely N-dealkylation sites (N-methyl/N-ethyl adjacent to an activating group) is 1. The average molecular weight is 222 g/mol. The number of nitrogens with one attached hydrogen (secondary N) is 2. The van der Waals surface area contributed by atoms with E-state index in [2.05, 4.69) is 16.7 Å². The SMILES string of the molecule is CNCc1cc(C)ccc1OCC(=O)NC. The largest absolute Gasteiger partial charge is 0.483 e. The highest BCUT2D eigenvalue weighted by atomic mass is 16.5. The summed E-state index contributed by atoms with van der Waals surface area (Å²) in [5.74, 6) is 0.625. The second-order valence-corrected chi connectivity index (χ2v) is 3.60. The maximum absolute atomic E-state index is 11.1. The van der Waals surface area contributed by atoms with Gasteiger partial charge in [0, 0.05) is 19.2 Å². The van der Waals surface area contributed by atoms with E-state index in [4.69, 9.17) is 4.74 Å². The molecule has 0 aliphatic carbocycles. The molecule has 0 fully saturated rings. The van der Waals surface area contributed by atoms with Crippen molar-refractivity contribution < 1.29 is 9.53 Å². The van der Waals surface area contributed by atoms with E-state index in [9.17, 15) is 4.79 Å². The molecule has 1 rings (SSSR count). The van der Waals surface area contributed by atoms with Crippen LogP contribution in [0, 0.1) is 6.92 Å². The van der Waals surface area contributed by atoms with E-state index in [1.54, 1.807) is 7.05 Å². The van der Waals surface area contributed by atoms with E-state index in [1.807, 2.05) is 26.1 Å². The molecule has 0 saturated heterocycles. The Labute approximate surface area is 96.0 Å². The van der Waals surface area contributed by atoms with E-state index in [-0.39, 0.29) is 12.5 Å². The summed E-state index contributed by atoms with van der Waals surface area (Å²) in [4.78, 5) is 11.1. The quantitative estimate of drug-likeness (QED) is 0.776. The van der Waals surface area contributed by atoms with Gasteiger partial charge in [0.25, 0.3) is 5.91 Å². The number of aryl methyl sites for hydroxylation is 1. The Morgan fingerprint density at radius 3 is 2.75 bits per heavy atom. The number of ether oxygens (including phenoxy) is 1. The summed E-state index contributed by atoms with van der Waals surface area (Å²) in [6.07, 6.45) is 0. The molecule has 0 aromatic heterocycles. The lowest BCUT2D eigenvalue weighted by Crippen LogP contribution is -2.25. The molecule has 16 heavy (non-hydrogen) atoms. The molecule has 0 spiro atoms. The van der Waals surface area contributed by atoms with Crippen molar-refractivity contribution in [3.63, 3.8) is 0 Å². The number of carbonyl (C=O) groups excluding carboxylic acids is 1. The Morgan fingerprint density at radius 2 is 2.12 bits per heavy atom. The van der Waals surface area contributed by atoms with Crippen LogP contribution in [0.2, 0.25) is 0 Å². The minimum Gasteiger partial charge on any atom is -0.483 e. The van der Waals surface area contributed by atoms with E-state index in [0.29, 0.717) is 0 Å². The Morgan fingerprint density at radius 1 is 1.38 bits per heavy atom. The van der Waals surface area contributed by atoms with Gasteiger partial charge in [-0.3, -0.25) is 4.79 Å². The summed E-state index contributed by atoms with van der Waals surface area (Å²) in [5, 5.41) is 5.59. The molecule has 4 heteroatoms. The minimum atomic E-state index is -0.129. The summed E-state index contributed by atoms with van der Waals surface area (Å²) in [5.41, 5.74) is 2.24. The van der Waals surface area contributed by atoms with Crippen LogP contribution in [0.4, 0.5) is 0 Å². The first kappa shape index (κ1) is 12.5. The third kappa shape index (κ3) is 3.55. The molecule has 88 valence electrons. The molecule has 1 amide bonds. The van der Waals surface area contributed by atoms with Gasteiger partial charge in [-0.25, -0.2) is 0 Å². The zero-order valence-electron chi connectivity index (χ0n) is 9.96. The van der Waals surface area contributed by atoms with E-state index in [1.165, 1.54) is 5.56 Å². The van der Waals surface area contributed by atoms with Crippen molar-refractivity contribution in [2.45, 2.75) is 13.5 Å². The Hall–Kier alpha value is -1.55. The van der Waals surface area contributed by atoms with Crippen LogP contribution in [-0.2, 0) is 11.3 Å². The molecule has 2 N–H and O–H groups in total. The molecular formula is C12H18N2O2. The van der Waals surface area contributed by atoms with Gasteiger partial charge in [0.1, 0.15) is 5.75 Å². The van der Waals surface area contributed by atoms with Gasteiger partial charge < -0.3 is 15.4 Å². The monoisotopic (exact) mass is 222 g/mol. The van der Waals surface area contributed by atoms with Crippen molar-refractivity contribution in [2.24, 2.45) is 0 Å². The first-order chi connectivity index (χ1) is 7.67. The topological polar surface area (TPSA) is 50.4 Å². The van der Waals surface area contributed by atoms with Crippen molar-refractivity contribution in [2.75, 3.05) is 20.7 Å². The van der Waals surface area contributed by atoms with Crippen LogP contribution >= 0.6 is 0 Å². The number of hydrogen-bond acceptors (Lipinski definition) is 3. The minimum absolute atomic E-state index is 0.0519. The summed E-state index contributed by atoms with van der Waals surface area (Å²) in [6, 6.07) is 5.92. The van der Waals surface area contributed by atoms with Gasteiger partial charge in [-0.1, -0.05) is 17.7 Å². The predicted molar refractivity (Wildman–Crippen MR) is 63.5 cm³/mol. The van der Waals surface area contributed by atoms with Gasteiger partial charge in [-0.2, -0.15) is 0 Å². The van der Waals surface area contributed by atoms with Crippen LogP contribution in [0.1, 0.15) is 11.1 Å². The highest BCUT2D eigenvalue weighted by Crippen LogP contribution is 2.19. The number of rotatable bonds is 5. The van der Waals surface area contributed by atoms with E-state index in [0.717, 1.165) is 17.9 Å². The van der Waals surface area contributed by atoms with Gasteiger partial charge >= 0.3 is 0 Å². The Kier molecular flexibility index (Phi) is 4.79. The van der Waals surface area contributed by atoms with Crippen LogP contribution in [0.15, 0.2) is 18.2 Å². The van der Waals surface area contributed by atoms with Crippen molar-refractivity contribution in [1.29, 1.82) is 0 Å². The molecule has 1 aromatic carbocycles. The molecule has 0 aliphatic rings.